The number of amides is 1. The third-order valence-electron chi connectivity index (χ3n) is 3.17. The van der Waals surface area contributed by atoms with Crippen LogP contribution < -0.4 is 10.2 Å². The molecule has 1 amide bonds. The SMILES string of the molecule is CN(CC(=O)OCC(=O)Nc1ccc(Cl)c([N+](=O)[O-])c1)c1ccc(Cl)nn1. The van der Waals surface area contributed by atoms with E-state index >= 15 is 0 Å². The molecule has 0 aliphatic heterocycles. The van der Waals surface area contributed by atoms with Crippen LogP contribution in [-0.4, -0.2) is 47.2 Å². The fourth-order valence-electron chi connectivity index (χ4n) is 1.91. The van der Waals surface area contributed by atoms with Crippen LogP contribution in [0.5, 0.6) is 0 Å². The molecule has 0 bridgehead atoms. The average Bonchev–Trinajstić information content (AvgIpc) is 2.62. The van der Waals surface area contributed by atoms with E-state index in [0.717, 1.165) is 6.07 Å². The third-order valence-corrected chi connectivity index (χ3v) is 3.69. The minimum absolute atomic E-state index is 0.0576. The van der Waals surface area contributed by atoms with Crippen LogP contribution in [-0.2, 0) is 14.3 Å². The lowest BCUT2D eigenvalue weighted by molar-refractivity contribution is -0.384. The number of hydrogen-bond donors (Lipinski definition) is 1. The number of benzene rings is 1. The van der Waals surface area contributed by atoms with Gasteiger partial charge in [-0.1, -0.05) is 23.2 Å². The fraction of sp³-hybridized carbons (Fsp3) is 0.200. The molecule has 0 radical (unpaired) electrons. The van der Waals surface area contributed by atoms with Crippen molar-refractivity contribution in [2.75, 3.05) is 30.4 Å². The number of anilines is 2. The van der Waals surface area contributed by atoms with Crippen LogP contribution in [0.4, 0.5) is 17.2 Å². The molecule has 0 atom stereocenters. The highest BCUT2D eigenvalue weighted by Gasteiger charge is 2.15. The first-order valence-electron chi connectivity index (χ1n) is 7.36. The number of nitrogens with one attached hydrogen (secondary N) is 1. The minimum atomic E-state index is -0.675. The maximum absolute atomic E-state index is 11.8. The van der Waals surface area contributed by atoms with Gasteiger partial charge in [-0.3, -0.25) is 19.7 Å². The number of esters is 1. The van der Waals surface area contributed by atoms with Gasteiger partial charge in [0.25, 0.3) is 11.6 Å². The predicted molar refractivity (Wildman–Crippen MR) is 98.0 cm³/mol. The minimum Gasteiger partial charge on any atom is -0.454 e. The Morgan fingerprint density at radius 2 is 2.00 bits per heavy atom. The normalized spacial score (nSPS) is 10.2. The van der Waals surface area contributed by atoms with Gasteiger partial charge in [0.15, 0.2) is 17.6 Å². The number of carbonyl (C=O) groups excluding carboxylic acids is 2. The molecule has 0 unspecified atom stereocenters. The summed E-state index contributed by atoms with van der Waals surface area (Å²) >= 11 is 11.3. The van der Waals surface area contributed by atoms with Crippen molar-refractivity contribution in [1.82, 2.24) is 10.2 Å². The van der Waals surface area contributed by atoms with Crippen LogP contribution in [0.25, 0.3) is 0 Å². The maximum Gasteiger partial charge on any atom is 0.326 e. The number of nitro groups is 1. The zero-order valence-corrected chi connectivity index (χ0v) is 15.4. The molecular formula is C15H13Cl2N5O5. The Kier molecular flexibility index (Phi) is 6.85. The molecule has 2 rings (SSSR count). The Labute approximate surface area is 163 Å². The van der Waals surface area contributed by atoms with E-state index < -0.39 is 23.4 Å². The molecular weight excluding hydrogens is 401 g/mol. The van der Waals surface area contributed by atoms with E-state index in [1.807, 2.05) is 0 Å². The van der Waals surface area contributed by atoms with E-state index in [2.05, 4.69) is 15.5 Å². The monoisotopic (exact) mass is 413 g/mol. The van der Waals surface area contributed by atoms with Crippen molar-refractivity contribution in [1.29, 1.82) is 0 Å². The van der Waals surface area contributed by atoms with E-state index in [0.29, 0.717) is 5.82 Å². The predicted octanol–water partition coefficient (Wildman–Crippen LogP) is 2.31. The van der Waals surface area contributed by atoms with Gasteiger partial charge in [-0.25, -0.2) is 0 Å². The van der Waals surface area contributed by atoms with Gasteiger partial charge >= 0.3 is 5.97 Å². The molecule has 0 aliphatic carbocycles. The summed E-state index contributed by atoms with van der Waals surface area (Å²) in [6.45, 7) is -0.731. The maximum atomic E-state index is 11.8. The molecule has 2 aromatic rings. The van der Waals surface area contributed by atoms with E-state index in [-0.39, 0.29) is 28.1 Å². The number of likely N-dealkylation sites (N-methyl/N-ethyl adjacent to an activating group) is 1. The van der Waals surface area contributed by atoms with Crippen LogP contribution in [0.15, 0.2) is 30.3 Å². The summed E-state index contributed by atoms with van der Waals surface area (Å²) in [5.41, 5.74) is -0.196. The van der Waals surface area contributed by atoms with Crippen molar-refractivity contribution in [3.05, 3.63) is 50.6 Å². The molecule has 0 fully saturated rings. The number of hydrogen-bond acceptors (Lipinski definition) is 8. The summed E-state index contributed by atoms with van der Waals surface area (Å²) < 4.78 is 4.87. The number of aromatic nitrogens is 2. The molecule has 1 aromatic carbocycles. The number of nitro benzene ring substituents is 1. The Morgan fingerprint density at radius 1 is 1.26 bits per heavy atom. The summed E-state index contributed by atoms with van der Waals surface area (Å²) in [6.07, 6.45) is 0. The van der Waals surface area contributed by atoms with E-state index in [9.17, 15) is 19.7 Å². The zero-order valence-electron chi connectivity index (χ0n) is 13.9. The van der Waals surface area contributed by atoms with Crippen molar-refractivity contribution in [2.24, 2.45) is 0 Å². The second-order valence-corrected chi connectivity index (χ2v) is 6.00. The Balaban J connectivity index is 1.84. The van der Waals surface area contributed by atoms with Crippen molar-refractivity contribution in [3.63, 3.8) is 0 Å². The summed E-state index contributed by atoms with van der Waals surface area (Å²) in [5.74, 6) is -0.935. The molecule has 0 saturated carbocycles. The Hall–Kier alpha value is -2.98. The van der Waals surface area contributed by atoms with E-state index in [4.69, 9.17) is 27.9 Å². The average molecular weight is 414 g/mol. The molecule has 12 heteroatoms. The molecule has 142 valence electrons. The lowest BCUT2D eigenvalue weighted by Gasteiger charge is -2.16. The second kappa shape index (κ2) is 9.10. The number of nitrogens with zero attached hydrogens (tertiary/aromatic N) is 4. The first-order chi connectivity index (χ1) is 12.8. The van der Waals surface area contributed by atoms with Gasteiger partial charge in [0.05, 0.1) is 4.92 Å². The van der Waals surface area contributed by atoms with Crippen molar-refractivity contribution in [3.8, 4) is 0 Å². The summed E-state index contributed by atoms with van der Waals surface area (Å²) in [5, 5.41) is 20.8. The number of rotatable bonds is 7. The summed E-state index contributed by atoms with van der Waals surface area (Å²) in [4.78, 5) is 35.3. The quantitative estimate of drug-likeness (QED) is 0.415. The summed E-state index contributed by atoms with van der Waals surface area (Å²) in [7, 11) is 1.59. The Morgan fingerprint density at radius 3 is 2.63 bits per heavy atom. The fourth-order valence-corrected chi connectivity index (χ4v) is 2.19. The van der Waals surface area contributed by atoms with E-state index in [1.165, 1.54) is 23.1 Å². The van der Waals surface area contributed by atoms with Crippen molar-refractivity contribution >= 4 is 52.3 Å². The highest BCUT2D eigenvalue weighted by atomic mass is 35.5. The van der Waals surface area contributed by atoms with Gasteiger partial charge in [-0.15, -0.1) is 10.2 Å². The Bertz CT molecular complexity index is 862. The largest absolute Gasteiger partial charge is 0.454 e. The lowest BCUT2D eigenvalue weighted by Crippen LogP contribution is -2.30. The second-order valence-electron chi connectivity index (χ2n) is 5.20. The molecule has 27 heavy (non-hydrogen) atoms. The molecule has 0 spiro atoms. The lowest BCUT2D eigenvalue weighted by atomic mass is 10.3. The van der Waals surface area contributed by atoms with Gasteiger partial charge in [-0.05, 0) is 24.3 Å². The van der Waals surface area contributed by atoms with Gasteiger partial charge in [0, 0.05) is 18.8 Å². The molecule has 0 saturated heterocycles. The molecule has 1 heterocycles. The van der Waals surface area contributed by atoms with Gasteiger partial charge in [-0.2, -0.15) is 0 Å². The van der Waals surface area contributed by atoms with Crippen LogP contribution in [0.3, 0.4) is 0 Å². The van der Waals surface area contributed by atoms with Gasteiger partial charge < -0.3 is 15.0 Å². The molecule has 0 aliphatic rings. The third kappa shape index (κ3) is 6.04. The van der Waals surface area contributed by atoms with Crippen molar-refractivity contribution < 1.29 is 19.2 Å². The van der Waals surface area contributed by atoms with Crippen LogP contribution >= 0.6 is 23.2 Å². The molecule has 1 aromatic heterocycles. The highest BCUT2D eigenvalue weighted by Crippen LogP contribution is 2.27. The standard InChI is InChI=1S/C15H13Cl2N5O5/c1-21(13-5-4-12(17)19-20-13)7-15(24)27-8-14(23)18-9-2-3-10(16)11(6-9)22(25)26/h2-6H,7-8H2,1H3,(H,18,23). The molecule has 1 N–H and O–H groups in total. The van der Waals surface area contributed by atoms with Crippen molar-refractivity contribution in [2.45, 2.75) is 0 Å². The number of carbonyl (C=O) groups is 2. The first kappa shape index (κ1) is 20.3. The summed E-state index contributed by atoms with van der Waals surface area (Å²) in [6, 6.07) is 6.87. The number of ether oxygens (including phenoxy) is 1. The topological polar surface area (TPSA) is 128 Å². The van der Waals surface area contributed by atoms with E-state index in [1.54, 1.807) is 13.1 Å². The first-order valence-corrected chi connectivity index (χ1v) is 8.11. The zero-order chi connectivity index (χ0) is 20.0. The highest BCUT2D eigenvalue weighted by molar-refractivity contribution is 6.32. The van der Waals surface area contributed by atoms with Crippen LogP contribution in [0.1, 0.15) is 0 Å². The smallest absolute Gasteiger partial charge is 0.326 e. The van der Waals surface area contributed by atoms with Gasteiger partial charge in [0.2, 0.25) is 0 Å². The molecule has 10 nitrogen and oxygen atoms in total. The number of halogens is 2. The van der Waals surface area contributed by atoms with Gasteiger partial charge in [0.1, 0.15) is 11.6 Å². The van der Waals surface area contributed by atoms with Crippen LogP contribution in [0, 0.1) is 10.1 Å². The van der Waals surface area contributed by atoms with Crippen LogP contribution in [0.2, 0.25) is 10.2 Å².